The highest BCUT2D eigenvalue weighted by Gasteiger charge is 2.06. The number of hydrogen-bond acceptors (Lipinski definition) is 1. The smallest absolute Gasteiger partial charge is 0.0901 e. The minimum absolute atomic E-state index is 0.722. The van der Waals surface area contributed by atoms with Crippen molar-refractivity contribution < 1.29 is 4.74 Å². The van der Waals surface area contributed by atoms with E-state index >= 15 is 0 Å². The van der Waals surface area contributed by atoms with E-state index in [-0.39, 0.29) is 0 Å². The summed E-state index contributed by atoms with van der Waals surface area (Å²) in [6.45, 7) is 5.21. The van der Waals surface area contributed by atoms with E-state index in [1.54, 1.807) is 0 Å². The van der Waals surface area contributed by atoms with Gasteiger partial charge in [0.2, 0.25) is 0 Å². The number of hydrogen-bond donors (Lipinski definition) is 0. The molecule has 1 aliphatic rings. The van der Waals surface area contributed by atoms with Crippen LogP contribution in [0, 0.1) is 5.92 Å². The Morgan fingerprint density at radius 3 is 2.88 bits per heavy atom. The first-order chi connectivity index (χ1) is 3.79. The fourth-order valence-corrected chi connectivity index (χ4v) is 1.01. The highest BCUT2D eigenvalue weighted by atomic mass is 16.5. The van der Waals surface area contributed by atoms with Crippen molar-refractivity contribution in [3.8, 4) is 0 Å². The summed E-state index contributed by atoms with van der Waals surface area (Å²) in [6, 6.07) is 0. The van der Waals surface area contributed by atoms with E-state index in [9.17, 15) is 0 Å². The molecule has 0 aliphatic carbocycles. The Hall–Kier alpha value is -0.460. The lowest BCUT2D eigenvalue weighted by molar-refractivity contribution is 0.180. The van der Waals surface area contributed by atoms with E-state index in [2.05, 4.69) is 13.8 Å². The number of allylic oxidation sites excluding steroid dienone is 1. The molecular weight excluding hydrogens is 100 g/mol. The zero-order valence-electron chi connectivity index (χ0n) is 5.48. The van der Waals surface area contributed by atoms with Crippen molar-refractivity contribution in [2.24, 2.45) is 5.92 Å². The van der Waals surface area contributed by atoms with Crippen LogP contribution in [0.25, 0.3) is 0 Å². The van der Waals surface area contributed by atoms with E-state index in [4.69, 9.17) is 4.74 Å². The Morgan fingerprint density at radius 2 is 2.50 bits per heavy atom. The van der Waals surface area contributed by atoms with Crippen LogP contribution in [0.15, 0.2) is 11.8 Å². The Kier molecular flexibility index (Phi) is 1.56. The van der Waals surface area contributed by atoms with Crippen LogP contribution >= 0.6 is 0 Å². The maximum absolute atomic E-state index is 5.13. The van der Waals surface area contributed by atoms with Crippen LogP contribution < -0.4 is 0 Å². The number of ether oxygens (including phenoxy) is 1. The average Bonchev–Trinajstić information content (AvgIpc) is 1.64. The zero-order valence-corrected chi connectivity index (χ0v) is 5.48. The Bertz CT molecular complexity index is 105. The molecule has 1 heteroatoms. The molecule has 0 aromatic carbocycles. The maximum atomic E-state index is 5.13. The first kappa shape index (κ1) is 5.67. The molecular formula is C7H12O. The second-order valence-electron chi connectivity index (χ2n) is 2.61. The summed E-state index contributed by atoms with van der Waals surface area (Å²) in [5.41, 5.74) is 1.36. The van der Waals surface area contributed by atoms with Gasteiger partial charge in [0.25, 0.3) is 0 Å². The quantitative estimate of drug-likeness (QED) is 0.465. The van der Waals surface area contributed by atoms with Gasteiger partial charge < -0.3 is 4.74 Å². The first-order valence-corrected chi connectivity index (χ1v) is 3.06. The Morgan fingerprint density at radius 1 is 1.75 bits per heavy atom. The minimum atomic E-state index is 0.722. The molecule has 0 spiro atoms. The van der Waals surface area contributed by atoms with E-state index in [0.29, 0.717) is 0 Å². The van der Waals surface area contributed by atoms with Crippen molar-refractivity contribution in [1.82, 2.24) is 0 Å². The number of rotatable bonds is 0. The molecule has 1 unspecified atom stereocenters. The standard InChI is InChI=1S/C7H12O/c1-6-3-7(2)5-8-4-6/h4,7H,3,5H2,1-2H3. The molecule has 0 saturated heterocycles. The second kappa shape index (κ2) is 2.21. The summed E-state index contributed by atoms with van der Waals surface area (Å²) < 4.78 is 5.13. The third-order valence-electron chi connectivity index (χ3n) is 1.34. The van der Waals surface area contributed by atoms with Gasteiger partial charge in [0.1, 0.15) is 0 Å². The van der Waals surface area contributed by atoms with Crippen LogP contribution in [0.1, 0.15) is 20.3 Å². The molecule has 1 aliphatic heterocycles. The highest BCUT2D eigenvalue weighted by Crippen LogP contribution is 2.15. The second-order valence-corrected chi connectivity index (χ2v) is 2.61. The van der Waals surface area contributed by atoms with Gasteiger partial charge in [-0.1, -0.05) is 6.92 Å². The molecule has 1 rings (SSSR count). The summed E-state index contributed by atoms with van der Waals surface area (Å²) in [7, 11) is 0. The monoisotopic (exact) mass is 112 g/mol. The van der Waals surface area contributed by atoms with Gasteiger partial charge in [-0.2, -0.15) is 0 Å². The van der Waals surface area contributed by atoms with Gasteiger partial charge >= 0.3 is 0 Å². The summed E-state index contributed by atoms with van der Waals surface area (Å²) in [6.07, 6.45) is 3.07. The average molecular weight is 112 g/mol. The summed E-state index contributed by atoms with van der Waals surface area (Å²) >= 11 is 0. The van der Waals surface area contributed by atoms with Crippen LogP contribution in [-0.4, -0.2) is 6.61 Å². The van der Waals surface area contributed by atoms with Gasteiger partial charge in [-0.3, -0.25) is 0 Å². The lowest BCUT2D eigenvalue weighted by atomic mass is 10.0. The van der Waals surface area contributed by atoms with Crippen molar-refractivity contribution in [1.29, 1.82) is 0 Å². The van der Waals surface area contributed by atoms with E-state index in [1.807, 2.05) is 6.26 Å². The van der Waals surface area contributed by atoms with Crippen LogP contribution in [0.2, 0.25) is 0 Å². The highest BCUT2D eigenvalue weighted by molar-refractivity contribution is 4.96. The molecule has 46 valence electrons. The minimum Gasteiger partial charge on any atom is -0.501 e. The van der Waals surface area contributed by atoms with Gasteiger partial charge in [-0.15, -0.1) is 0 Å². The molecule has 0 bridgehead atoms. The van der Waals surface area contributed by atoms with E-state index in [0.717, 1.165) is 12.5 Å². The van der Waals surface area contributed by atoms with Crippen LogP contribution in [-0.2, 0) is 4.74 Å². The predicted molar refractivity (Wildman–Crippen MR) is 33.5 cm³/mol. The molecule has 0 fully saturated rings. The SMILES string of the molecule is CC1=COCC(C)C1. The molecule has 1 atom stereocenters. The van der Waals surface area contributed by atoms with Gasteiger partial charge in [-0.25, -0.2) is 0 Å². The van der Waals surface area contributed by atoms with Gasteiger partial charge in [0.05, 0.1) is 12.9 Å². The van der Waals surface area contributed by atoms with Crippen LogP contribution in [0.4, 0.5) is 0 Å². The molecule has 0 aromatic rings. The lowest BCUT2D eigenvalue weighted by Crippen LogP contribution is -2.08. The van der Waals surface area contributed by atoms with Crippen LogP contribution in [0.3, 0.4) is 0 Å². The largest absolute Gasteiger partial charge is 0.501 e. The first-order valence-electron chi connectivity index (χ1n) is 3.06. The third-order valence-corrected chi connectivity index (χ3v) is 1.34. The lowest BCUT2D eigenvalue weighted by Gasteiger charge is -2.16. The molecule has 0 radical (unpaired) electrons. The zero-order chi connectivity index (χ0) is 5.98. The van der Waals surface area contributed by atoms with Crippen molar-refractivity contribution >= 4 is 0 Å². The van der Waals surface area contributed by atoms with E-state index in [1.165, 1.54) is 12.0 Å². The Labute approximate surface area is 50.3 Å². The van der Waals surface area contributed by atoms with Gasteiger partial charge in [-0.05, 0) is 24.8 Å². The maximum Gasteiger partial charge on any atom is 0.0901 e. The van der Waals surface area contributed by atoms with Crippen molar-refractivity contribution in [2.75, 3.05) is 6.61 Å². The molecule has 0 saturated carbocycles. The molecule has 0 aromatic heterocycles. The fraction of sp³-hybridized carbons (Fsp3) is 0.714. The van der Waals surface area contributed by atoms with Crippen LogP contribution in [0.5, 0.6) is 0 Å². The molecule has 1 heterocycles. The van der Waals surface area contributed by atoms with Gasteiger partial charge in [0, 0.05) is 0 Å². The molecule has 8 heavy (non-hydrogen) atoms. The fourth-order valence-electron chi connectivity index (χ4n) is 1.01. The van der Waals surface area contributed by atoms with Gasteiger partial charge in [0.15, 0.2) is 0 Å². The van der Waals surface area contributed by atoms with Crippen molar-refractivity contribution in [3.05, 3.63) is 11.8 Å². The van der Waals surface area contributed by atoms with E-state index < -0.39 is 0 Å². The van der Waals surface area contributed by atoms with Crippen molar-refractivity contribution in [2.45, 2.75) is 20.3 Å². The topological polar surface area (TPSA) is 9.23 Å². The normalized spacial score (nSPS) is 28.8. The Balaban J connectivity index is 2.45. The summed E-state index contributed by atoms with van der Waals surface area (Å²) in [5.74, 6) is 0.722. The summed E-state index contributed by atoms with van der Waals surface area (Å²) in [5, 5.41) is 0. The molecule has 0 N–H and O–H groups in total. The summed E-state index contributed by atoms with van der Waals surface area (Å²) in [4.78, 5) is 0. The predicted octanol–water partition coefficient (Wildman–Crippen LogP) is 1.95. The molecule has 1 nitrogen and oxygen atoms in total. The molecule has 0 amide bonds. The third kappa shape index (κ3) is 1.25. The van der Waals surface area contributed by atoms with Crippen molar-refractivity contribution in [3.63, 3.8) is 0 Å².